The van der Waals surface area contributed by atoms with Gasteiger partial charge in [0, 0.05) is 24.7 Å². The molecule has 1 heterocycles. The monoisotopic (exact) mass is 291 g/mol. The molecular weight excluding hydrogens is 262 g/mol. The molecule has 1 aliphatic heterocycles. The Morgan fingerprint density at radius 2 is 1.84 bits per heavy atom. The van der Waals surface area contributed by atoms with E-state index in [1.165, 1.54) is 0 Å². The molecule has 2 atom stereocenters. The van der Waals surface area contributed by atoms with Crippen LogP contribution in [0.2, 0.25) is 0 Å². The molecule has 0 aromatic heterocycles. The number of hydrogen-bond acceptors (Lipinski definition) is 3. The zero-order valence-electron chi connectivity index (χ0n) is 12.9. The fourth-order valence-corrected chi connectivity index (χ4v) is 3.04. The molecule has 114 valence electrons. The van der Waals surface area contributed by atoms with Gasteiger partial charge < -0.3 is 10.6 Å². The maximum atomic E-state index is 12.4. The van der Waals surface area contributed by atoms with Crippen LogP contribution in [0.15, 0.2) is 0 Å². The highest BCUT2D eigenvalue weighted by atomic mass is 35.5. The van der Waals surface area contributed by atoms with E-state index in [0.717, 1.165) is 19.5 Å². The fourth-order valence-electron chi connectivity index (χ4n) is 3.04. The number of rotatable bonds is 5. The molecule has 1 saturated heterocycles. The van der Waals surface area contributed by atoms with Gasteiger partial charge in [-0.25, -0.2) is 0 Å². The molecule has 0 aliphatic carbocycles. The van der Waals surface area contributed by atoms with Crippen molar-refractivity contribution in [1.82, 2.24) is 9.80 Å². The first-order chi connectivity index (χ1) is 8.36. The van der Waals surface area contributed by atoms with E-state index < -0.39 is 0 Å². The largest absolute Gasteiger partial charge is 0.337 e. The SMILES string of the molecule is CC1CC(CN)CN1CC(=O)N(C(C)C)C(C)C.Cl. The fraction of sp³-hybridized carbons (Fsp3) is 0.929. The van der Waals surface area contributed by atoms with Crippen molar-refractivity contribution in [1.29, 1.82) is 0 Å². The third-order valence-electron chi connectivity index (χ3n) is 3.86. The molecule has 0 bridgehead atoms. The van der Waals surface area contributed by atoms with Crippen molar-refractivity contribution in [2.45, 2.75) is 59.2 Å². The third kappa shape index (κ3) is 4.93. The lowest BCUT2D eigenvalue weighted by atomic mass is 10.1. The van der Waals surface area contributed by atoms with E-state index in [-0.39, 0.29) is 30.4 Å². The van der Waals surface area contributed by atoms with Gasteiger partial charge >= 0.3 is 0 Å². The minimum absolute atomic E-state index is 0. The van der Waals surface area contributed by atoms with Crippen molar-refractivity contribution in [3.63, 3.8) is 0 Å². The number of amides is 1. The molecule has 0 saturated carbocycles. The predicted octanol–water partition coefficient (Wildman–Crippen LogP) is 1.72. The Morgan fingerprint density at radius 3 is 2.21 bits per heavy atom. The average Bonchev–Trinajstić information content (AvgIpc) is 2.58. The van der Waals surface area contributed by atoms with Gasteiger partial charge in [0.15, 0.2) is 0 Å². The van der Waals surface area contributed by atoms with E-state index in [4.69, 9.17) is 5.73 Å². The second-order valence-corrected chi connectivity index (χ2v) is 6.10. The topological polar surface area (TPSA) is 49.6 Å². The number of carbonyl (C=O) groups is 1. The lowest BCUT2D eigenvalue weighted by Crippen LogP contribution is -2.47. The van der Waals surface area contributed by atoms with E-state index in [2.05, 4.69) is 39.5 Å². The Labute approximate surface area is 124 Å². The minimum Gasteiger partial charge on any atom is -0.337 e. The highest BCUT2D eigenvalue weighted by Gasteiger charge is 2.31. The van der Waals surface area contributed by atoms with Crippen LogP contribution in [0.1, 0.15) is 41.0 Å². The van der Waals surface area contributed by atoms with Crippen molar-refractivity contribution in [3.8, 4) is 0 Å². The van der Waals surface area contributed by atoms with Crippen LogP contribution in [0.4, 0.5) is 0 Å². The molecular formula is C14H30ClN3O. The number of nitrogens with two attached hydrogens (primary N) is 1. The molecule has 4 nitrogen and oxygen atoms in total. The van der Waals surface area contributed by atoms with Crippen molar-refractivity contribution in [2.24, 2.45) is 11.7 Å². The number of nitrogens with zero attached hydrogens (tertiary/aromatic N) is 2. The standard InChI is InChI=1S/C14H29N3O.ClH/c1-10(2)17(11(3)4)14(18)9-16-8-13(7-15)6-12(16)5;/h10-13H,6-9,15H2,1-5H3;1H. The van der Waals surface area contributed by atoms with Gasteiger partial charge in [0.05, 0.1) is 6.54 Å². The summed E-state index contributed by atoms with van der Waals surface area (Å²) in [7, 11) is 0. The van der Waals surface area contributed by atoms with Crippen LogP contribution >= 0.6 is 12.4 Å². The molecule has 1 fully saturated rings. The molecule has 0 aromatic carbocycles. The molecule has 1 amide bonds. The second-order valence-electron chi connectivity index (χ2n) is 6.10. The summed E-state index contributed by atoms with van der Waals surface area (Å²) in [6.07, 6.45) is 1.12. The van der Waals surface area contributed by atoms with Gasteiger partial charge in [-0.3, -0.25) is 9.69 Å². The van der Waals surface area contributed by atoms with Gasteiger partial charge in [-0.1, -0.05) is 0 Å². The van der Waals surface area contributed by atoms with E-state index in [9.17, 15) is 4.79 Å². The first-order valence-electron chi connectivity index (χ1n) is 7.12. The summed E-state index contributed by atoms with van der Waals surface area (Å²) in [6, 6.07) is 1.00. The molecule has 19 heavy (non-hydrogen) atoms. The summed E-state index contributed by atoms with van der Waals surface area (Å²) in [4.78, 5) is 16.6. The van der Waals surface area contributed by atoms with Crippen molar-refractivity contribution >= 4 is 18.3 Å². The van der Waals surface area contributed by atoms with Crippen molar-refractivity contribution in [3.05, 3.63) is 0 Å². The van der Waals surface area contributed by atoms with Gasteiger partial charge in [0.25, 0.3) is 0 Å². The van der Waals surface area contributed by atoms with Gasteiger partial charge in [0.1, 0.15) is 0 Å². The Balaban J connectivity index is 0.00000324. The zero-order chi connectivity index (χ0) is 13.9. The quantitative estimate of drug-likeness (QED) is 0.839. The Hall–Kier alpha value is -0.320. The van der Waals surface area contributed by atoms with E-state index in [0.29, 0.717) is 18.5 Å². The summed E-state index contributed by atoms with van der Waals surface area (Å²) in [5.74, 6) is 0.795. The Morgan fingerprint density at radius 1 is 1.32 bits per heavy atom. The van der Waals surface area contributed by atoms with Gasteiger partial charge in [-0.15, -0.1) is 12.4 Å². The summed E-state index contributed by atoms with van der Waals surface area (Å²) in [5.41, 5.74) is 5.72. The van der Waals surface area contributed by atoms with Crippen LogP contribution in [-0.2, 0) is 4.79 Å². The third-order valence-corrected chi connectivity index (χ3v) is 3.86. The van der Waals surface area contributed by atoms with Crippen molar-refractivity contribution in [2.75, 3.05) is 19.6 Å². The summed E-state index contributed by atoms with van der Waals surface area (Å²) >= 11 is 0. The van der Waals surface area contributed by atoms with Crippen LogP contribution in [-0.4, -0.2) is 53.5 Å². The zero-order valence-corrected chi connectivity index (χ0v) is 13.7. The van der Waals surface area contributed by atoms with Gasteiger partial charge in [-0.2, -0.15) is 0 Å². The smallest absolute Gasteiger partial charge is 0.237 e. The number of halogens is 1. The molecule has 1 aliphatic rings. The predicted molar refractivity (Wildman–Crippen MR) is 82.6 cm³/mol. The number of carbonyl (C=O) groups excluding carboxylic acids is 1. The molecule has 1 rings (SSSR count). The van der Waals surface area contributed by atoms with Gasteiger partial charge in [0.2, 0.25) is 5.91 Å². The maximum Gasteiger partial charge on any atom is 0.237 e. The maximum absolute atomic E-state index is 12.4. The summed E-state index contributed by atoms with van der Waals surface area (Å²) in [5, 5.41) is 0. The normalized spacial score (nSPS) is 23.8. The molecule has 0 spiro atoms. The first-order valence-corrected chi connectivity index (χ1v) is 7.12. The van der Waals surface area contributed by atoms with Crippen LogP contribution in [0.25, 0.3) is 0 Å². The molecule has 5 heteroatoms. The summed E-state index contributed by atoms with van der Waals surface area (Å²) < 4.78 is 0. The molecule has 2 N–H and O–H groups in total. The van der Waals surface area contributed by atoms with Crippen LogP contribution in [0.3, 0.4) is 0 Å². The first kappa shape index (κ1) is 18.7. The Kier molecular flexibility index (Phi) is 7.94. The van der Waals surface area contributed by atoms with Crippen LogP contribution in [0.5, 0.6) is 0 Å². The van der Waals surface area contributed by atoms with Crippen LogP contribution in [0, 0.1) is 5.92 Å². The van der Waals surface area contributed by atoms with E-state index >= 15 is 0 Å². The number of hydrogen-bond donors (Lipinski definition) is 1. The van der Waals surface area contributed by atoms with Crippen molar-refractivity contribution < 1.29 is 4.79 Å². The van der Waals surface area contributed by atoms with E-state index in [1.54, 1.807) is 0 Å². The highest BCUT2D eigenvalue weighted by Crippen LogP contribution is 2.22. The Bertz CT molecular complexity index is 276. The minimum atomic E-state index is 0. The molecule has 0 aromatic rings. The second kappa shape index (κ2) is 8.08. The summed E-state index contributed by atoms with van der Waals surface area (Å²) in [6.45, 7) is 12.7. The number of likely N-dealkylation sites (tertiary alicyclic amines) is 1. The molecule has 0 radical (unpaired) electrons. The molecule has 2 unspecified atom stereocenters. The lowest BCUT2D eigenvalue weighted by Gasteiger charge is -2.33. The average molecular weight is 292 g/mol. The van der Waals surface area contributed by atoms with E-state index in [1.807, 2.05) is 4.90 Å². The highest BCUT2D eigenvalue weighted by molar-refractivity contribution is 5.85. The van der Waals surface area contributed by atoms with Gasteiger partial charge in [-0.05, 0) is 53.5 Å². The lowest BCUT2D eigenvalue weighted by molar-refractivity contribution is -0.136. The van der Waals surface area contributed by atoms with Crippen LogP contribution < -0.4 is 5.73 Å².